The summed E-state index contributed by atoms with van der Waals surface area (Å²) >= 11 is 0. The zero-order valence-corrected chi connectivity index (χ0v) is 15.5. The van der Waals surface area contributed by atoms with Crippen LogP contribution in [0.4, 0.5) is 13.2 Å². The van der Waals surface area contributed by atoms with Crippen LogP contribution in [0.1, 0.15) is 20.8 Å². The smallest absolute Gasteiger partial charge is 0.456 e. The normalized spacial score (nSPS) is 28.3. The third-order valence-corrected chi connectivity index (χ3v) is 4.20. The molecule has 0 aliphatic carbocycles. The highest BCUT2D eigenvalue weighted by Gasteiger charge is 2.53. The summed E-state index contributed by atoms with van der Waals surface area (Å²) in [7, 11) is -6.03. The molecule has 28 heavy (non-hydrogen) atoms. The van der Waals surface area contributed by atoms with Gasteiger partial charge in [0.1, 0.15) is 6.10 Å². The first kappa shape index (κ1) is 24.1. The van der Waals surface area contributed by atoms with Crippen molar-refractivity contribution in [1.82, 2.24) is 0 Å². The van der Waals surface area contributed by atoms with Crippen molar-refractivity contribution in [3.8, 4) is 0 Å². The Hall–Kier alpha value is -1.97. The highest BCUT2D eigenvalue weighted by Crippen LogP contribution is 2.30. The van der Waals surface area contributed by atoms with Gasteiger partial charge in [-0.05, 0) is 0 Å². The molecule has 1 aliphatic heterocycles. The summed E-state index contributed by atoms with van der Waals surface area (Å²) in [5, 5.41) is 9.95. The van der Waals surface area contributed by atoms with Crippen LogP contribution in [-0.2, 0) is 47.6 Å². The Labute approximate surface area is 156 Å². The van der Waals surface area contributed by atoms with Crippen LogP contribution in [0.5, 0.6) is 0 Å². The summed E-state index contributed by atoms with van der Waals surface area (Å²) in [6.07, 6.45) is -9.11. The monoisotopic (exact) mass is 438 g/mol. The Morgan fingerprint density at radius 3 is 1.79 bits per heavy atom. The van der Waals surface area contributed by atoms with Gasteiger partial charge in [0.05, 0.1) is 6.61 Å². The van der Waals surface area contributed by atoms with E-state index in [1.807, 2.05) is 0 Å². The molecule has 1 heterocycles. The lowest BCUT2D eigenvalue weighted by molar-refractivity contribution is -0.294. The molecule has 0 bridgehead atoms. The van der Waals surface area contributed by atoms with E-state index in [1.165, 1.54) is 0 Å². The van der Waals surface area contributed by atoms with Crippen LogP contribution in [0.25, 0.3) is 0 Å². The van der Waals surface area contributed by atoms with Crippen LogP contribution in [0, 0.1) is 0 Å². The van der Waals surface area contributed by atoms with Crippen molar-refractivity contribution in [3.63, 3.8) is 0 Å². The third kappa shape index (κ3) is 6.29. The first-order valence-corrected chi connectivity index (χ1v) is 8.87. The summed E-state index contributed by atoms with van der Waals surface area (Å²) in [6.45, 7) is 1.38. The number of alkyl halides is 3. The number of esters is 3. The predicted octanol–water partition coefficient (Wildman–Crippen LogP) is -0.635. The minimum atomic E-state index is -6.03. The highest BCUT2D eigenvalue weighted by molar-refractivity contribution is 7.87. The first-order valence-electron chi connectivity index (χ1n) is 7.46. The van der Waals surface area contributed by atoms with Crippen LogP contribution >= 0.6 is 0 Å². The van der Waals surface area contributed by atoms with E-state index in [0.29, 0.717) is 0 Å². The number of carbonyl (C=O) groups is 3. The van der Waals surface area contributed by atoms with Crippen molar-refractivity contribution in [2.45, 2.75) is 57.0 Å². The van der Waals surface area contributed by atoms with Gasteiger partial charge in [0.15, 0.2) is 24.6 Å². The standard InChI is InChI=1S/C13H17F3O11S/c1-5(17)24-9-8(4-23-28(21,22)13(14,15)16)27-12(20)11(26-7(3)19)10(9)25-6(2)18/h8-12,20H,4H2,1-3H3/t8-,9-,10+,11-,12?/m1/s1. The molecule has 0 aromatic rings. The molecule has 1 aliphatic rings. The summed E-state index contributed by atoms with van der Waals surface area (Å²) < 4.78 is 82.5. The van der Waals surface area contributed by atoms with Crippen molar-refractivity contribution in [2.24, 2.45) is 0 Å². The Bertz CT molecular complexity index is 705. The van der Waals surface area contributed by atoms with E-state index in [9.17, 15) is 41.1 Å². The molecule has 0 radical (unpaired) electrons. The molecule has 162 valence electrons. The van der Waals surface area contributed by atoms with E-state index in [1.54, 1.807) is 0 Å². The largest absolute Gasteiger partial charge is 0.523 e. The number of ether oxygens (including phenoxy) is 4. The van der Waals surface area contributed by atoms with Gasteiger partial charge in [-0.3, -0.25) is 18.6 Å². The fourth-order valence-electron chi connectivity index (χ4n) is 2.23. The van der Waals surface area contributed by atoms with Gasteiger partial charge in [-0.25, -0.2) is 0 Å². The molecule has 0 aromatic carbocycles. The summed E-state index contributed by atoms with van der Waals surface area (Å²) in [5.74, 6) is -2.97. The van der Waals surface area contributed by atoms with E-state index in [4.69, 9.17) is 18.9 Å². The van der Waals surface area contributed by atoms with Gasteiger partial charge in [0.2, 0.25) is 0 Å². The van der Waals surface area contributed by atoms with Crippen LogP contribution in [0.3, 0.4) is 0 Å². The molecule has 0 amide bonds. The zero-order valence-electron chi connectivity index (χ0n) is 14.7. The molecule has 1 unspecified atom stereocenters. The fraction of sp³-hybridized carbons (Fsp3) is 0.769. The van der Waals surface area contributed by atoms with Crippen molar-refractivity contribution in [3.05, 3.63) is 0 Å². The molecular weight excluding hydrogens is 421 g/mol. The predicted molar refractivity (Wildman–Crippen MR) is 78.5 cm³/mol. The zero-order chi connectivity index (χ0) is 21.9. The first-order chi connectivity index (χ1) is 12.7. The molecule has 1 saturated heterocycles. The Morgan fingerprint density at radius 2 is 1.36 bits per heavy atom. The van der Waals surface area contributed by atoms with Gasteiger partial charge in [-0.1, -0.05) is 0 Å². The number of aliphatic hydroxyl groups excluding tert-OH is 1. The van der Waals surface area contributed by atoms with E-state index in [-0.39, 0.29) is 0 Å². The fourth-order valence-corrected chi connectivity index (χ4v) is 2.68. The minimum Gasteiger partial charge on any atom is -0.456 e. The minimum absolute atomic E-state index is 0.890. The SMILES string of the molecule is CC(=O)O[C@H]1[C@H](OC(C)=O)[C@@H](OC(C)=O)C(O)O[C@@H]1COS(=O)(=O)C(F)(F)F. The summed E-state index contributed by atoms with van der Waals surface area (Å²) in [5.41, 5.74) is -5.74. The maximum absolute atomic E-state index is 12.4. The van der Waals surface area contributed by atoms with Gasteiger partial charge in [0.25, 0.3) is 0 Å². The molecule has 1 N–H and O–H groups in total. The van der Waals surface area contributed by atoms with Gasteiger partial charge in [-0.2, -0.15) is 21.6 Å². The molecule has 0 spiro atoms. The molecule has 1 rings (SSSR count). The van der Waals surface area contributed by atoms with Crippen LogP contribution < -0.4 is 0 Å². The summed E-state index contributed by atoms with van der Waals surface area (Å²) in [6, 6.07) is 0. The molecule has 0 aromatic heterocycles. The highest BCUT2D eigenvalue weighted by atomic mass is 32.2. The maximum Gasteiger partial charge on any atom is 0.523 e. The second kappa shape index (κ2) is 9.02. The Morgan fingerprint density at radius 1 is 0.929 bits per heavy atom. The lowest BCUT2D eigenvalue weighted by atomic mass is 9.98. The van der Waals surface area contributed by atoms with Crippen molar-refractivity contribution in [1.29, 1.82) is 0 Å². The third-order valence-electron chi connectivity index (χ3n) is 3.19. The Balaban J connectivity index is 3.19. The van der Waals surface area contributed by atoms with Crippen molar-refractivity contribution >= 4 is 28.0 Å². The van der Waals surface area contributed by atoms with Crippen molar-refractivity contribution in [2.75, 3.05) is 6.61 Å². The van der Waals surface area contributed by atoms with E-state index in [0.717, 1.165) is 20.8 Å². The van der Waals surface area contributed by atoms with E-state index in [2.05, 4.69) is 4.18 Å². The van der Waals surface area contributed by atoms with Gasteiger partial charge < -0.3 is 24.1 Å². The van der Waals surface area contributed by atoms with Crippen LogP contribution in [-0.4, -0.2) is 74.3 Å². The van der Waals surface area contributed by atoms with Crippen LogP contribution in [0.15, 0.2) is 0 Å². The van der Waals surface area contributed by atoms with E-state index >= 15 is 0 Å². The Kier molecular flexibility index (Phi) is 7.75. The topological polar surface area (TPSA) is 152 Å². The number of halogens is 3. The lowest BCUT2D eigenvalue weighted by Gasteiger charge is -2.42. The van der Waals surface area contributed by atoms with Gasteiger partial charge in [-0.15, -0.1) is 0 Å². The second-order valence-corrected chi connectivity index (χ2v) is 7.08. The number of hydrogen-bond donors (Lipinski definition) is 1. The maximum atomic E-state index is 12.4. The molecule has 1 fully saturated rings. The average Bonchev–Trinajstić information content (AvgIpc) is 2.49. The summed E-state index contributed by atoms with van der Waals surface area (Å²) in [4.78, 5) is 33.9. The number of aliphatic hydroxyl groups is 1. The number of rotatable bonds is 6. The molecule has 0 saturated carbocycles. The average molecular weight is 438 g/mol. The van der Waals surface area contributed by atoms with Crippen LogP contribution in [0.2, 0.25) is 0 Å². The second-order valence-electron chi connectivity index (χ2n) is 5.47. The number of carbonyl (C=O) groups excluding carboxylic acids is 3. The molecule has 15 heteroatoms. The number of hydrogen-bond acceptors (Lipinski definition) is 11. The van der Waals surface area contributed by atoms with Gasteiger partial charge in [0, 0.05) is 20.8 Å². The molecule has 11 nitrogen and oxygen atoms in total. The van der Waals surface area contributed by atoms with Gasteiger partial charge >= 0.3 is 33.5 Å². The lowest BCUT2D eigenvalue weighted by Crippen LogP contribution is -2.62. The van der Waals surface area contributed by atoms with E-state index < -0.39 is 70.8 Å². The molecular formula is C13H17F3O11S. The quantitative estimate of drug-likeness (QED) is 0.244. The molecule has 5 atom stereocenters. The van der Waals surface area contributed by atoms with Crippen molar-refractivity contribution < 1.29 is 64.2 Å².